The second-order valence-corrected chi connectivity index (χ2v) is 6.07. The highest BCUT2D eigenvalue weighted by atomic mass is 32.2. The molecule has 0 saturated carbocycles. The van der Waals surface area contributed by atoms with E-state index in [4.69, 9.17) is 5.11 Å². The molecule has 2 N–H and O–H groups in total. The summed E-state index contributed by atoms with van der Waals surface area (Å²) in [6.45, 7) is 0.908. The minimum Gasteiger partial charge on any atom is -0.477 e. The lowest BCUT2D eigenvalue weighted by atomic mass is 10.2. The molecule has 0 radical (unpaired) electrons. The van der Waals surface area contributed by atoms with E-state index in [1.807, 2.05) is 0 Å². The van der Waals surface area contributed by atoms with E-state index in [2.05, 4.69) is 9.82 Å². The molecule has 0 atom stereocenters. The van der Waals surface area contributed by atoms with Gasteiger partial charge in [-0.25, -0.2) is 4.79 Å². The Balaban J connectivity index is 2.24. The molecular weight excluding hydrogens is 272 g/mol. The highest BCUT2D eigenvalue weighted by Gasteiger charge is 2.27. The quantitative estimate of drug-likeness (QED) is 0.827. The number of hydrogen-bond donors (Lipinski definition) is 2. The van der Waals surface area contributed by atoms with E-state index in [1.54, 1.807) is 0 Å². The van der Waals surface area contributed by atoms with Crippen LogP contribution in [0.1, 0.15) is 29.6 Å². The van der Waals surface area contributed by atoms with Crippen LogP contribution < -0.4 is 4.72 Å². The van der Waals surface area contributed by atoms with Gasteiger partial charge in [-0.05, 0) is 12.8 Å². The fourth-order valence-electron chi connectivity index (χ4n) is 2.01. The standard InChI is InChI=1S/C10H16N4O4S/c1-13-9(8(7-11-13)10(15)16)12-19(17,18)14-5-3-2-4-6-14/h7,12H,2-6H2,1H3,(H,15,16). The average molecular weight is 288 g/mol. The monoisotopic (exact) mass is 288 g/mol. The van der Waals surface area contributed by atoms with E-state index in [-0.39, 0.29) is 11.4 Å². The molecule has 0 aromatic carbocycles. The smallest absolute Gasteiger partial charge is 0.341 e. The molecule has 1 aromatic rings. The molecule has 0 spiro atoms. The first-order chi connectivity index (χ1) is 8.92. The molecule has 2 heterocycles. The van der Waals surface area contributed by atoms with E-state index in [0.717, 1.165) is 25.5 Å². The molecule has 1 aliphatic rings. The van der Waals surface area contributed by atoms with Gasteiger partial charge in [0.2, 0.25) is 0 Å². The molecule has 1 saturated heterocycles. The molecule has 19 heavy (non-hydrogen) atoms. The number of hydrogen-bond acceptors (Lipinski definition) is 4. The van der Waals surface area contributed by atoms with Gasteiger partial charge >= 0.3 is 16.2 Å². The van der Waals surface area contributed by atoms with Crippen molar-refractivity contribution in [3.8, 4) is 0 Å². The van der Waals surface area contributed by atoms with Gasteiger partial charge in [0, 0.05) is 20.1 Å². The van der Waals surface area contributed by atoms with Crippen molar-refractivity contribution in [1.82, 2.24) is 14.1 Å². The first-order valence-corrected chi connectivity index (χ1v) is 7.39. The van der Waals surface area contributed by atoms with Crippen LogP contribution in [0.15, 0.2) is 6.20 Å². The van der Waals surface area contributed by atoms with E-state index in [1.165, 1.54) is 16.0 Å². The van der Waals surface area contributed by atoms with Crippen molar-refractivity contribution in [2.75, 3.05) is 17.8 Å². The molecule has 9 heteroatoms. The van der Waals surface area contributed by atoms with Crippen LogP contribution in [0.25, 0.3) is 0 Å². The largest absolute Gasteiger partial charge is 0.477 e. The summed E-state index contributed by atoms with van der Waals surface area (Å²) in [6.07, 6.45) is 3.77. The number of carboxylic acids is 1. The third kappa shape index (κ3) is 2.87. The Hall–Kier alpha value is -1.61. The zero-order valence-electron chi connectivity index (χ0n) is 10.5. The fourth-order valence-corrected chi connectivity index (χ4v) is 3.36. The number of rotatable bonds is 4. The summed E-state index contributed by atoms with van der Waals surface area (Å²) >= 11 is 0. The topological polar surface area (TPSA) is 105 Å². The van der Waals surface area contributed by atoms with Crippen molar-refractivity contribution >= 4 is 22.0 Å². The van der Waals surface area contributed by atoms with Gasteiger partial charge < -0.3 is 5.11 Å². The second-order valence-electron chi connectivity index (χ2n) is 4.40. The fraction of sp³-hybridized carbons (Fsp3) is 0.600. The van der Waals surface area contributed by atoms with Crippen molar-refractivity contribution in [1.29, 1.82) is 0 Å². The molecule has 1 aromatic heterocycles. The second kappa shape index (κ2) is 5.17. The van der Waals surface area contributed by atoms with E-state index in [0.29, 0.717) is 13.1 Å². The van der Waals surface area contributed by atoms with Crippen LogP contribution in [0, 0.1) is 0 Å². The van der Waals surface area contributed by atoms with Gasteiger partial charge in [-0.15, -0.1) is 0 Å². The van der Waals surface area contributed by atoms with Gasteiger partial charge in [0.25, 0.3) is 0 Å². The Bertz CT molecular complexity index is 574. The first kappa shape index (κ1) is 13.8. The maximum atomic E-state index is 12.2. The van der Waals surface area contributed by atoms with Crippen LogP contribution >= 0.6 is 0 Å². The van der Waals surface area contributed by atoms with Gasteiger partial charge in [-0.3, -0.25) is 9.40 Å². The molecule has 8 nitrogen and oxygen atoms in total. The molecule has 0 unspecified atom stereocenters. The SMILES string of the molecule is Cn1ncc(C(=O)O)c1NS(=O)(=O)N1CCCCC1. The molecule has 106 valence electrons. The summed E-state index contributed by atoms with van der Waals surface area (Å²) in [5.41, 5.74) is -0.164. The first-order valence-electron chi connectivity index (χ1n) is 5.95. The number of aromatic nitrogens is 2. The summed E-state index contributed by atoms with van der Waals surface area (Å²) < 4.78 is 29.2. The van der Waals surface area contributed by atoms with Crippen molar-refractivity contribution in [3.63, 3.8) is 0 Å². The molecule has 1 aliphatic heterocycles. The number of aromatic carboxylic acids is 1. The number of aryl methyl sites for hydroxylation is 1. The van der Waals surface area contributed by atoms with Crippen molar-refractivity contribution in [2.45, 2.75) is 19.3 Å². The molecule has 1 fully saturated rings. The van der Waals surface area contributed by atoms with Gasteiger partial charge in [-0.2, -0.15) is 17.8 Å². The number of nitrogens with one attached hydrogen (secondary N) is 1. The van der Waals surface area contributed by atoms with Crippen molar-refractivity contribution < 1.29 is 18.3 Å². The van der Waals surface area contributed by atoms with Gasteiger partial charge in [0.15, 0.2) is 5.82 Å². The summed E-state index contributed by atoms with van der Waals surface area (Å²) in [5, 5.41) is 12.7. The van der Waals surface area contributed by atoms with Crippen molar-refractivity contribution in [3.05, 3.63) is 11.8 Å². The van der Waals surface area contributed by atoms with Crippen LogP contribution in [-0.2, 0) is 17.3 Å². The Morgan fingerprint density at radius 3 is 2.58 bits per heavy atom. The number of carbonyl (C=O) groups is 1. The van der Waals surface area contributed by atoms with Crippen LogP contribution in [0.3, 0.4) is 0 Å². The van der Waals surface area contributed by atoms with E-state index < -0.39 is 16.2 Å². The molecule has 2 rings (SSSR count). The van der Waals surface area contributed by atoms with Crippen LogP contribution in [0.2, 0.25) is 0 Å². The van der Waals surface area contributed by atoms with Crippen LogP contribution in [0.5, 0.6) is 0 Å². The third-order valence-electron chi connectivity index (χ3n) is 3.05. The van der Waals surface area contributed by atoms with Crippen LogP contribution in [-0.4, -0.2) is 46.7 Å². The van der Waals surface area contributed by atoms with E-state index >= 15 is 0 Å². The Labute approximate surface area is 111 Å². The van der Waals surface area contributed by atoms with Gasteiger partial charge in [0.1, 0.15) is 5.56 Å². The Morgan fingerprint density at radius 1 is 1.37 bits per heavy atom. The average Bonchev–Trinajstić information content (AvgIpc) is 2.72. The van der Waals surface area contributed by atoms with Crippen LogP contribution in [0.4, 0.5) is 5.82 Å². The lowest BCUT2D eigenvalue weighted by Gasteiger charge is -2.26. The maximum absolute atomic E-state index is 12.2. The highest BCUT2D eigenvalue weighted by molar-refractivity contribution is 7.90. The van der Waals surface area contributed by atoms with Gasteiger partial charge in [-0.1, -0.05) is 6.42 Å². The molecule has 0 aliphatic carbocycles. The predicted molar refractivity (Wildman–Crippen MR) is 68.1 cm³/mol. The summed E-state index contributed by atoms with van der Waals surface area (Å²) in [6, 6.07) is 0. The normalized spacial score (nSPS) is 17.3. The Morgan fingerprint density at radius 2 is 2.00 bits per heavy atom. The van der Waals surface area contributed by atoms with Crippen molar-refractivity contribution in [2.24, 2.45) is 7.05 Å². The molecular formula is C10H16N4O4S. The minimum atomic E-state index is -3.73. The molecule has 0 amide bonds. The number of nitrogens with zero attached hydrogens (tertiary/aromatic N) is 3. The maximum Gasteiger partial charge on any atom is 0.341 e. The number of anilines is 1. The zero-order chi connectivity index (χ0) is 14.0. The summed E-state index contributed by atoms with van der Waals surface area (Å²) in [4.78, 5) is 11.0. The van der Waals surface area contributed by atoms with E-state index in [9.17, 15) is 13.2 Å². The Kier molecular flexibility index (Phi) is 3.76. The molecule has 0 bridgehead atoms. The zero-order valence-corrected chi connectivity index (χ0v) is 11.4. The number of piperidine rings is 1. The summed E-state index contributed by atoms with van der Waals surface area (Å²) in [5.74, 6) is -1.25. The summed E-state index contributed by atoms with van der Waals surface area (Å²) in [7, 11) is -2.24. The lowest BCUT2D eigenvalue weighted by Crippen LogP contribution is -2.40. The number of carboxylic acid groups (broad SMARTS) is 1. The minimum absolute atomic E-state index is 0.0296. The van der Waals surface area contributed by atoms with Gasteiger partial charge in [0.05, 0.1) is 6.20 Å². The highest BCUT2D eigenvalue weighted by Crippen LogP contribution is 2.19. The predicted octanol–water partition coefficient (Wildman–Crippen LogP) is 0.261. The third-order valence-corrected chi connectivity index (χ3v) is 4.55. The lowest BCUT2D eigenvalue weighted by molar-refractivity contribution is 0.0698.